The van der Waals surface area contributed by atoms with E-state index in [0.717, 1.165) is 6.07 Å². The van der Waals surface area contributed by atoms with Gasteiger partial charge in [0.2, 0.25) is 0 Å². The number of aliphatic hydroxyl groups excluding tert-OH is 1. The lowest BCUT2D eigenvalue weighted by Crippen LogP contribution is -2.37. The third-order valence-corrected chi connectivity index (χ3v) is 2.20. The summed E-state index contributed by atoms with van der Waals surface area (Å²) in [5.41, 5.74) is -0.633. The Morgan fingerprint density at radius 2 is 2.00 bits per heavy atom. The monoisotopic (exact) mass is 265 g/mol. The molecular formula is C11H11F4NO2. The van der Waals surface area contributed by atoms with E-state index in [2.05, 4.69) is 0 Å². The Morgan fingerprint density at radius 3 is 2.50 bits per heavy atom. The van der Waals surface area contributed by atoms with Crippen molar-refractivity contribution in [2.45, 2.75) is 6.18 Å². The van der Waals surface area contributed by atoms with Crippen molar-refractivity contribution in [1.29, 1.82) is 0 Å². The normalized spacial score (nSPS) is 11.4. The number of hydrogen-bond donors (Lipinski definition) is 1. The molecule has 0 radical (unpaired) electrons. The molecule has 0 aliphatic heterocycles. The van der Waals surface area contributed by atoms with Crippen LogP contribution in [-0.2, 0) is 0 Å². The van der Waals surface area contributed by atoms with Gasteiger partial charge in [-0.2, -0.15) is 13.2 Å². The summed E-state index contributed by atoms with van der Waals surface area (Å²) < 4.78 is 50.6. The molecule has 3 nitrogen and oxygen atoms in total. The van der Waals surface area contributed by atoms with E-state index >= 15 is 0 Å². The Hall–Kier alpha value is -1.63. The van der Waals surface area contributed by atoms with Gasteiger partial charge in [-0.25, -0.2) is 4.39 Å². The average Bonchev–Trinajstić information content (AvgIpc) is 2.26. The Bertz CT molecular complexity index is 420. The molecule has 1 aromatic rings. The first kappa shape index (κ1) is 14.4. The summed E-state index contributed by atoms with van der Waals surface area (Å²) in [6.45, 7) is -2.43. The van der Waals surface area contributed by atoms with Gasteiger partial charge < -0.3 is 10.0 Å². The number of benzene rings is 1. The number of alkyl halides is 3. The van der Waals surface area contributed by atoms with Crippen molar-refractivity contribution >= 4 is 12.0 Å². The van der Waals surface area contributed by atoms with Crippen LogP contribution in [-0.4, -0.2) is 37.3 Å². The number of aliphatic hydroxyl groups is 1. The van der Waals surface area contributed by atoms with E-state index in [9.17, 15) is 22.4 Å². The molecule has 0 aliphatic rings. The van der Waals surface area contributed by atoms with Crippen LogP contribution in [0.3, 0.4) is 0 Å². The second kappa shape index (κ2) is 5.81. The lowest BCUT2D eigenvalue weighted by Gasteiger charge is -2.26. The number of hydrogen-bond acceptors (Lipinski definition) is 3. The molecule has 0 unspecified atom stereocenters. The summed E-state index contributed by atoms with van der Waals surface area (Å²) >= 11 is 0. The predicted octanol–water partition coefficient (Wildman–Crippen LogP) is 2.00. The van der Waals surface area contributed by atoms with Crippen LogP contribution in [0.4, 0.5) is 23.2 Å². The van der Waals surface area contributed by atoms with Crippen molar-refractivity contribution in [2.24, 2.45) is 0 Å². The number of rotatable bonds is 5. The van der Waals surface area contributed by atoms with E-state index in [1.165, 1.54) is 12.1 Å². The summed E-state index contributed by atoms with van der Waals surface area (Å²) in [7, 11) is 0. The highest BCUT2D eigenvalue weighted by Gasteiger charge is 2.32. The highest BCUT2D eigenvalue weighted by molar-refractivity contribution is 5.84. The molecule has 100 valence electrons. The van der Waals surface area contributed by atoms with Crippen LogP contribution >= 0.6 is 0 Å². The van der Waals surface area contributed by atoms with Gasteiger partial charge in [0.15, 0.2) is 6.29 Å². The molecule has 7 heteroatoms. The average molecular weight is 265 g/mol. The second-order valence-electron chi connectivity index (χ2n) is 3.56. The molecule has 0 saturated heterocycles. The van der Waals surface area contributed by atoms with Gasteiger partial charge in [0.05, 0.1) is 12.3 Å². The van der Waals surface area contributed by atoms with Gasteiger partial charge in [0.25, 0.3) is 0 Å². The topological polar surface area (TPSA) is 40.5 Å². The van der Waals surface area contributed by atoms with Gasteiger partial charge in [-0.3, -0.25) is 4.79 Å². The molecule has 0 atom stereocenters. The van der Waals surface area contributed by atoms with Crippen molar-refractivity contribution in [3.8, 4) is 0 Å². The minimum atomic E-state index is -4.56. The number of anilines is 1. The highest BCUT2D eigenvalue weighted by atomic mass is 19.4. The van der Waals surface area contributed by atoms with Crippen molar-refractivity contribution < 1.29 is 27.5 Å². The van der Waals surface area contributed by atoms with Crippen LogP contribution in [0.15, 0.2) is 18.2 Å². The Balaban J connectivity index is 3.16. The van der Waals surface area contributed by atoms with E-state index in [0.29, 0.717) is 4.90 Å². The molecule has 18 heavy (non-hydrogen) atoms. The molecule has 0 amide bonds. The van der Waals surface area contributed by atoms with Gasteiger partial charge in [-0.15, -0.1) is 0 Å². The quantitative estimate of drug-likeness (QED) is 0.654. The minimum Gasteiger partial charge on any atom is -0.395 e. The number of para-hydroxylation sites is 1. The van der Waals surface area contributed by atoms with Crippen LogP contribution in [0.5, 0.6) is 0 Å². The summed E-state index contributed by atoms with van der Waals surface area (Å²) in [6, 6.07) is 3.41. The standard InChI is InChI=1S/C11H11F4NO2/c12-9-3-1-2-8(6-18)10(9)16(4-5-17)7-11(13,14)15/h1-3,6,17H,4-5,7H2. The summed E-state index contributed by atoms with van der Waals surface area (Å²) in [6.07, 6.45) is -4.28. The summed E-state index contributed by atoms with van der Waals surface area (Å²) in [5.74, 6) is -0.933. The molecule has 1 rings (SSSR count). The fourth-order valence-corrected chi connectivity index (χ4v) is 1.57. The molecule has 0 saturated carbocycles. The first-order valence-corrected chi connectivity index (χ1v) is 5.05. The molecule has 0 aliphatic carbocycles. The summed E-state index contributed by atoms with van der Waals surface area (Å²) in [4.78, 5) is 11.3. The Kier molecular flexibility index (Phi) is 4.66. The maximum absolute atomic E-state index is 13.5. The summed E-state index contributed by atoms with van der Waals surface area (Å²) in [5, 5.41) is 8.73. The maximum Gasteiger partial charge on any atom is 0.405 e. The van der Waals surface area contributed by atoms with E-state index in [4.69, 9.17) is 5.11 Å². The van der Waals surface area contributed by atoms with Gasteiger partial charge in [-0.1, -0.05) is 6.07 Å². The fourth-order valence-electron chi connectivity index (χ4n) is 1.57. The molecule has 0 heterocycles. The second-order valence-corrected chi connectivity index (χ2v) is 3.56. The zero-order valence-electron chi connectivity index (χ0n) is 9.25. The fraction of sp³-hybridized carbons (Fsp3) is 0.364. The lowest BCUT2D eigenvalue weighted by atomic mass is 10.1. The van der Waals surface area contributed by atoms with Crippen LogP contribution in [0.25, 0.3) is 0 Å². The Morgan fingerprint density at radius 1 is 1.33 bits per heavy atom. The SMILES string of the molecule is O=Cc1cccc(F)c1N(CCO)CC(F)(F)F. The molecule has 1 N–H and O–H groups in total. The third kappa shape index (κ3) is 3.69. The van der Waals surface area contributed by atoms with Crippen LogP contribution in [0.2, 0.25) is 0 Å². The van der Waals surface area contributed by atoms with Gasteiger partial charge >= 0.3 is 6.18 Å². The number of aldehydes is 1. The molecule has 1 aromatic carbocycles. The van der Waals surface area contributed by atoms with Crippen LogP contribution in [0.1, 0.15) is 10.4 Å². The largest absolute Gasteiger partial charge is 0.405 e. The van der Waals surface area contributed by atoms with E-state index < -0.39 is 37.4 Å². The maximum atomic E-state index is 13.5. The zero-order valence-corrected chi connectivity index (χ0v) is 9.25. The van der Waals surface area contributed by atoms with Crippen molar-refractivity contribution in [2.75, 3.05) is 24.6 Å². The first-order valence-electron chi connectivity index (χ1n) is 5.05. The molecule has 0 fully saturated rings. The number of carbonyl (C=O) groups is 1. The molecular weight excluding hydrogens is 254 g/mol. The van der Waals surface area contributed by atoms with Gasteiger partial charge in [-0.05, 0) is 12.1 Å². The predicted molar refractivity (Wildman–Crippen MR) is 57.1 cm³/mol. The smallest absolute Gasteiger partial charge is 0.395 e. The van der Waals surface area contributed by atoms with Crippen molar-refractivity contribution in [1.82, 2.24) is 0 Å². The Labute approximate surface area is 101 Å². The lowest BCUT2D eigenvalue weighted by molar-refractivity contribution is -0.119. The van der Waals surface area contributed by atoms with Crippen LogP contribution < -0.4 is 4.90 Å². The zero-order chi connectivity index (χ0) is 13.8. The van der Waals surface area contributed by atoms with Gasteiger partial charge in [0.1, 0.15) is 12.4 Å². The minimum absolute atomic E-state index is 0.187. The van der Waals surface area contributed by atoms with E-state index in [1.54, 1.807) is 0 Å². The van der Waals surface area contributed by atoms with Crippen molar-refractivity contribution in [3.63, 3.8) is 0 Å². The third-order valence-electron chi connectivity index (χ3n) is 2.20. The van der Waals surface area contributed by atoms with E-state index in [-0.39, 0.29) is 11.8 Å². The van der Waals surface area contributed by atoms with Crippen LogP contribution in [0, 0.1) is 5.82 Å². The van der Waals surface area contributed by atoms with Gasteiger partial charge in [0, 0.05) is 12.1 Å². The number of halogens is 4. The molecule has 0 spiro atoms. The van der Waals surface area contributed by atoms with E-state index in [1.807, 2.05) is 0 Å². The van der Waals surface area contributed by atoms with Crippen molar-refractivity contribution in [3.05, 3.63) is 29.6 Å². The molecule has 0 aromatic heterocycles. The molecule has 0 bridgehead atoms. The number of carbonyl (C=O) groups excluding carboxylic acids is 1. The highest BCUT2D eigenvalue weighted by Crippen LogP contribution is 2.27. The first-order chi connectivity index (χ1) is 8.39. The number of nitrogens with zero attached hydrogens (tertiary/aromatic N) is 1.